The van der Waals surface area contributed by atoms with E-state index in [2.05, 4.69) is 9.72 Å². The molecule has 4 nitrogen and oxygen atoms in total. The second kappa shape index (κ2) is 5.42. The van der Waals surface area contributed by atoms with Crippen LogP contribution in [0.3, 0.4) is 0 Å². The Morgan fingerprint density at radius 2 is 2.22 bits per heavy atom. The summed E-state index contributed by atoms with van der Waals surface area (Å²) in [5, 5.41) is 1.18. The molecule has 0 unspecified atom stereocenters. The number of ether oxygens (including phenoxy) is 1. The Balaban J connectivity index is 2.32. The Hall–Kier alpha value is -1.52. The Bertz CT molecular complexity index is 581. The van der Waals surface area contributed by atoms with Crippen LogP contribution in [-0.4, -0.2) is 22.6 Å². The third kappa shape index (κ3) is 2.66. The van der Waals surface area contributed by atoms with Gasteiger partial charge < -0.3 is 9.30 Å². The summed E-state index contributed by atoms with van der Waals surface area (Å²) in [5.74, 6) is -0.439. The first-order valence-electron chi connectivity index (χ1n) is 5.14. The van der Waals surface area contributed by atoms with Gasteiger partial charge in [-0.25, -0.2) is 9.78 Å². The summed E-state index contributed by atoms with van der Waals surface area (Å²) >= 11 is 12.0. The number of aromatic nitrogens is 2. The minimum Gasteiger partial charge on any atom is -0.464 e. The van der Waals surface area contributed by atoms with Crippen LogP contribution >= 0.6 is 23.2 Å². The van der Waals surface area contributed by atoms with E-state index in [9.17, 15) is 4.79 Å². The maximum atomic E-state index is 11.5. The van der Waals surface area contributed by atoms with Gasteiger partial charge in [0.15, 0.2) is 0 Å². The third-order valence-electron chi connectivity index (χ3n) is 2.46. The van der Waals surface area contributed by atoms with Crippen LogP contribution in [0.5, 0.6) is 0 Å². The van der Waals surface area contributed by atoms with Gasteiger partial charge in [0.05, 0.1) is 26.2 Å². The van der Waals surface area contributed by atoms with Crippen molar-refractivity contribution in [1.82, 2.24) is 9.55 Å². The Labute approximate surface area is 114 Å². The van der Waals surface area contributed by atoms with Gasteiger partial charge in [0.2, 0.25) is 0 Å². The number of imidazole rings is 1. The number of esters is 1. The number of rotatable bonds is 3. The number of benzene rings is 1. The molecule has 0 saturated heterocycles. The first kappa shape index (κ1) is 12.9. The van der Waals surface area contributed by atoms with Crippen LogP contribution in [0.25, 0.3) is 0 Å². The molecule has 0 amide bonds. The molecule has 2 rings (SSSR count). The predicted octanol–water partition coefficient (Wildman–Crippen LogP) is 3.02. The van der Waals surface area contributed by atoms with Gasteiger partial charge in [0, 0.05) is 10.0 Å². The minimum absolute atomic E-state index is 0.369. The van der Waals surface area contributed by atoms with Crippen LogP contribution in [0.2, 0.25) is 10.0 Å². The number of carbonyl (C=O) groups excluding carboxylic acids is 1. The lowest BCUT2D eigenvalue weighted by Gasteiger charge is -2.08. The summed E-state index contributed by atoms with van der Waals surface area (Å²) in [6.45, 7) is 0.407. The highest BCUT2D eigenvalue weighted by atomic mass is 35.5. The SMILES string of the molecule is COC(=O)c1cncn1Cc1cc(Cl)ccc1Cl. The largest absolute Gasteiger partial charge is 0.464 e. The maximum Gasteiger partial charge on any atom is 0.356 e. The number of hydrogen-bond donors (Lipinski definition) is 0. The summed E-state index contributed by atoms with van der Waals surface area (Å²) in [7, 11) is 1.33. The quantitative estimate of drug-likeness (QED) is 0.814. The lowest BCUT2D eigenvalue weighted by molar-refractivity contribution is 0.0589. The molecule has 0 radical (unpaired) electrons. The van der Waals surface area contributed by atoms with E-state index >= 15 is 0 Å². The average molecular weight is 285 g/mol. The van der Waals surface area contributed by atoms with Crippen molar-refractivity contribution < 1.29 is 9.53 Å². The highest BCUT2D eigenvalue weighted by molar-refractivity contribution is 6.33. The van der Waals surface area contributed by atoms with Crippen molar-refractivity contribution in [2.75, 3.05) is 7.11 Å². The molecule has 1 heterocycles. The molecule has 18 heavy (non-hydrogen) atoms. The average Bonchev–Trinajstić information content (AvgIpc) is 2.81. The van der Waals surface area contributed by atoms with Crippen molar-refractivity contribution in [3.05, 3.63) is 52.0 Å². The third-order valence-corrected chi connectivity index (χ3v) is 3.06. The topological polar surface area (TPSA) is 44.1 Å². The fourth-order valence-corrected chi connectivity index (χ4v) is 1.94. The number of hydrogen-bond acceptors (Lipinski definition) is 3. The highest BCUT2D eigenvalue weighted by Crippen LogP contribution is 2.22. The predicted molar refractivity (Wildman–Crippen MR) is 69.1 cm³/mol. The lowest BCUT2D eigenvalue weighted by atomic mass is 10.2. The fourth-order valence-electron chi connectivity index (χ4n) is 1.57. The second-order valence-corrected chi connectivity index (χ2v) is 4.48. The van der Waals surface area contributed by atoms with Gasteiger partial charge in [0.25, 0.3) is 0 Å². The molecule has 0 aliphatic heterocycles. The molecule has 0 spiro atoms. The molecular weight excluding hydrogens is 275 g/mol. The molecule has 1 aromatic heterocycles. The first-order chi connectivity index (χ1) is 8.61. The van der Waals surface area contributed by atoms with Crippen LogP contribution in [0.4, 0.5) is 0 Å². The number of halogens is 2. The summed E-state index contributed by atoms with van der Waals surface area (Å²) < 4.78 is 6.32. The van der Waals surface area contributed by atoms with Crippen molar-refractivity contribution in [2.24, 2.45) is 0 Å². The van der Waals surface area contributed by atoms with E-state index in [0.29, 0.717) is 22.3 Å². The van der Waals surface area contributed by atoms with E-state index in [1.54, 1.807) is 29.1 Å². The van der Waals surface area contributed by atoms with Gasteiger partial charge >= 0.3 is 5.97 Å². The summed E-state index contributed by atoms with van der Waals surface area (Å²) in [4.78, 5) is 15.4. The van der Waals surface area contributed by atoms with E-state index < -0.39 is 5.97 Å². The molecule has 0 aliphatic rings. The Morgan fingerprint density at radius 3 is 2.94 bits per heavy atom. The molecule has 0 aliphatic carbocycles. The van der Waals surface area contributed by atoms with E-state index in [1.165, 1.54) is 13.3 Å². The molecule has 2 aromatic rings. The second-order valence-electron chi connectivity index (χ2n) is 3.63. The zero-order chi connectivity index (χ0) is 13.1. The van der Waals surface area contributed by atoms with Gasteiger partial charge in [-0.05, 0) is 23.8 Å². The first-order valence-corrected chi connectivity index (χ1v) is 5.90. The minimum atomic E-state index is -0.439. The molecule has 6 heteroatoms. The molecule has 1 aromatic carbocycles. The van der Waals surface area contributed by atoms with E-state index in [-0.39, 0.29) is 0 Å². The van der Waals surface area contributed by atoms with Gasteiger partial charge in [-0.2, -0.15) is 0 Å². The standard InChI is InChI=1S/C12H10Cl2N2O2/c1-18-12(17)11-5-15-7-16(11)6-8-4-9(13)2-3-10(8)14/h2-5,7H,6H2,1H3. The van der Waals surface area contributed by atoms with Crippen LogP contribution in [-0.2, 0) is 11.3 Å². The van der Waals surface area contributed by atoms with Crippen LogP contribution in [0.15, 0.2) is 30.7 Å². The van der Waals surface area contributed by atoms with Gasteiger partial charge in [-0.1, -0.05) is 23.2 Å². The number of carbonyl (C=O) groups is 1. The number of methoxy groups -OCH3 is 1. The molecule has 94 valence electrons. The van der Waals surface area contributed by atoms with Crippen molar-refractivity contribution in [2.45, 2.75) is 6.54 Å². The monoisotopic (exact) mass is 284 g/mol. The molecule has 0 saturated carbocycles. The van der Waals surface area contributed by atoms with E-state index in [1.807, 2.05) is 0 Å². The van der Waals surface area contributed by atoms with Crippen molar-refractivity contribution in [3.63, 3.8) is 0 Å². The summed E-state index contributed by atoms with van der Waals surface area (Å²) in [6.07, 6.45) is 2.99. The van der Waals surface area contributed by atoms with Crippen molar-refractivity contribution in [1.29, 1.82) is 0 Å². The van der Waals surface area contributed by atoms with Gasteiger partial charge in [0.1, 0.15) is 5.69 Å². The summed E-state index contributed by atoms with van der Waals surface area (Å²) in [5.41, 5.74) is 1.18. The van der Waals surface area contributed by atoms with Crippen LogP contribution in [0.1, 0.15) is 16.1 Å². The van der Waals surface area contributed by atoms with Crippen LogP contribution < -0.4 is 0 Å². The van der Waals surface area contributed by atoms with Gasteiger partial charge in [-0.15, -0.1) is 0 Å². The Morgan fingerprint density at radius 1 is 1.44 bits per heavy atom. The molecule has 0 atom stereocenters. The molecule has 0 bridgehead atoms. The van der Waals surface area contributed by atoms with E-state index in [0.717, 1.165) is 5.56 Å². The van der Waals surface area contributed by atoms with Gasteiger partial charge in [-0.3, -0.25) is 0 Å². The molecular formula is C12H10Cl2N2O2. The summed E-state index contributed by atoms with van der Waals surface area (Å²) in [6, 6.07) is 5.18. The maximum absolute atomic E-state index is 11.5. The highest BCUT2D eigenvalue weighted by Gasteiger charge is 2.13. The normalized spacial score (nSPS) is 10.4. The zero-order valence-electron chi connectivity index (χ0n) is 9.56. The fraction of sp³-hybridized carbons (Fsp3) is 0.167. The van der Waals surface area contributed by atoms with Crippen molar-refractivity contribution >= 4 is 29.2 Å². The smallest absolute Gasteiger partial charge is 0.356 e. The molecule has 0 N–H and O–H groups in total. The van der Waals surface area contributed by atoms with E-state index in [4.69, 9.17) is 23.2 Å². The zero-order valence-corrected chi connectivity index (χ0v) is 11.1. The molecule has 0 fully saturated rings. The van der Waals surface area contributed by atoms with Crippen LogP contribution in [0, 0.1) is 0 Å². The van der Waals surface area contributed by atoms with Crippen molar-refractivity contribution in [3.8, 4) is 0 Å². The Kier molecular flexibility index (Phi) is 3.89. The number of nitrogens with zero attached hydrogens (tertiary/aromatic N) is 2. The lowest BCUT2D eigenvalue weighted by Crippen LogP contribution is -2.10.